The standard InChI is InChI=1S/C50H74N6O12/c1-3-4-5-6-7-8-9-10-11-12-13-14-18-31-43(58)55(64)32-23-22-29-40(52-45(59)41-35-66-47(53-41)38-27-19-20-30-42(38)57)49(62)68-36(2)44(54-50(63)67-34-37-25-16-15-17-26-37)46(60)51-39-28-21-24-33-56(65)48(39)61/h15-17,19-20,25-27,30,36,39-41,44,57,64-65H,3-14,18,21-24,28-29,31-35H2,1-2H3,(H,51,60)(H,52,59)(H,54,63)/t36-,39+,40+,41+,44+/m1/s1. The summed E-state index contributed by atoms with van der Waals surface area (Å²) in [4.78, 5) is 84.5. The highest BCUT2D eigenvalue weighted by molar-refractivity contribution is 6.00. The van der Waals surface area contributed by atoms with Gasteiger partial charge in [-0.3, -0.25) is 29.6 Å². The molecule has 2 aromatic carbocycles. The van der Waals surface area contributed by atoms with E-state index in [-0.39, 0.29) is 75.6 Å². The Bertz CT molecular complexity index is 1920. The minimum absolute atomic E-state index is 0.0174. The normalized spacial score (nSPS) is 17.1. The van der Waals surface area contributed by atoms with E-state index in [0.717, 1.165) is 19.3 Å². The van der Waals surface area contributed by atoms with Crippen LogP contribution in [0.3, 0.4) is 0 Å². The summed E-state index contributed by atoms with van der Waals surface area (Å²) in [6.07, 6.45) is 14.8. The van der Waals surface area contributed by atoms with E-state index in [1.54, 1.807) is 48.5 Å². The van der Waals surface area contributed by atoms with Gasteiger partial charge in [-0.05, 0) is 69.6 Å². The first-order valence-electron chi connectivity index (χ1n) is 24.6. The maximum absolute atomic E-state index is 14.0. The van der Waals surface area contributed by atoms with Crippen LogP contribution in [0.1, 0.15) is 153 Å². The lowest BCUT2D eigenvalue weighted by Crippen LogP contribution is -2.58. The number of phenols is 1. The van der Waals surface area contributed by atoms with Crippen LogP contribution in [0.5, 0.6) is 5.75 Å². The van der Waals surface area contributed by atoms with Crippen molar-refractivity contribution in [2.45, 2.75) is 179 Å². The molecule has 0 aromatic heterocycles. The minimum Gasteiger partial charge on any atom is -0.507 e. The molecule has 5 atom stereocenters. The van der Waals surface area contributed by atoms with Crippen molar-refractivity contribution in [2.75, 3.05) is 19.7 Å². The highest BCUT2D eigenvalue weighted by Gasteiger charge is 2.37. The van der Waals surface area contributed by atoms with Gasteiger partial charge in [0.25, 0.3) is 5.91 Å². The third-order valence-electron chi connectivity index (χ3n) is 12.1. The molecule has 0 radical (unpaired) electrons. The zero-order valence-electron chi connectivity index (χ0n) is 39.9. The summed E-state index contributed by atoms with van der Waals surface area (Å²) in [7, 11) is 0. The summed E-state index contributed by atoms with van der Waals surface area (Å²) < 4.78 is 16.7. The van der Waals surface area contributed by atoms with E-state index in [2.05, 4.69) is 27.9 Å². The fraction of sp³-hybridized carbons (Fsp3) is 0.620. The van der Waals surface area contributed by atoms with Crippen molar-refractivity contribution in [3.63, 3.8) is 0 Å². The van der Waals surface area contributed by atoms with Crippen molar-refractivity contribution in [1.29, 1.82) is 0 Å². The lowest BCUT2D eigenvalue weighted by molar-refractivity contribution is -0.167. The lowest BCUT2D eigenvalue weighted by Gasteiger charge is -2.28. The summed E-state index contributed by atoms with van der Waals surface area (Å²) in [6.45, 7) is 3.32. The molecule has 0 spiro atoms. The number of esters is 1. The van der Waals surface area contributed by atoms with Gasteiger partial charge in [0.2, 0.25) is 23.6 Å². The molecule has 2 aliphatic heterocycles. The number of hydrogen-bond acceptors (Lipinski definition) is 13. The SMILES string of the molecule is CCCCCCCCCCCCCCCC(=O)N(O)CCCC[C@H](NC(=O)[C@@H]1COC(c2ccccc2O)=N1)C(=O)O[C@H](C)[C@H](NC(=O)OCc1ccccc1)C(=O)N[C@H]1CCCCN(O)C1=O. The maximum atomic E-state index is 14.0. The van der Waals surface area contributed by atoms with Crippen molar-refractivity contribution in [1.82, 2.24) is 26.1 Å². The molecule has 0 saturated carbocycles. The molecular formula is C50H74N6O12. The molecular weight excluding hydrogens is 877 g/mol. The molecule has 0 bridgehead atoms. The number of nitrogens with zero attached hydrogens (tertiary/aromatic N) is 3. The van der Waals surface area contributed by atoms with E-state index in [4.69, 9.17) is 14.2 Å². The van der Waals surface area contributed by atoms with E-state index >= 15 is 0 Å². The highest BCUT2D eigenvalue weighted by Crippen LogP contribution is 2.22. The van der Waals surface area contributed by atoms with Gasteiger partial charge in [0.15, 0.2) is 6.04 Å². The fourth-order valence-electron chi connectivity index (χ4n) is 8.02. The van der Waals surface area contributed by atoms with Crippen LogP contribution < -0.4 is 16.0 Å². The van der Waals surface area contributed by atoms with E-state index in [0.29, 0.717) is 35.0 Å². The number of hydrogen-bond donors (Lipinski definition) is 6. The largest absolute Gasteiger partial charge is 0.507 e. The zero-order valence-corrected chi connectivity index (χ0v) is 39.9. The number of carbonyl (C=O) groups excluding carboxylic acids is 6. The van der Waals surface area contributed by atoms with Crippen molar-refractivity contribution in [2.24, 2.45) is 4.99 Å². The average Bonchev–Trinajstić information content (AvgIpc) is 3.78. The van der Waals surface area contributed by atoms with Gasteiger partial charge in [0.05, 0.1) is 5.56 Å². The van der Waals surface area contributed by atoms with Crippen LogP contribution in [0, 0.1) is 0 Å². The third-order valence-corrected chi connectivity index (χ3v) is 12.1. The molecule has 376 valence electrons. The highest BCUT2D eigenvalue weighted by atomic mass is 16.6. The molecule has 18 heteroatoms. The topological polar surface area (TPSA) is 246 Å². The molecule has 4 rings (SSSR count). The average molecular weight is 951 g/mol. The molecule has 2 heterocycles. The molecule has 0 aliphatic carbocycles. The molecule has 68 heavy (non-hydrogen) atoms. The first-order valence-corrected chi connectivity index (χ1v) is 24.6. The Kier molecular flexibility index (Phi) is 24.7. The predicted molar refractivity (Wildman–Crippen MR) is 252 cm³/mol. The Labute approximate surface area is 400 Å². The molecule has 1 fully saturated rings. The van der Waals surface area contributed by atoms with Crippen molar-refractivity contribution in [3.05, 3.63) is 65.7 Å². The summed E-state index contributed by atoms with van der Waals surface area (Å²) in [5.41, 5.74) is 0.947. The van der Waals surface area contributed by atoms with Gasteiger partial charge in [-0.25, -0.2) is 24.7 Å². The fourth-order valence-corrected chi connectivity index (χ4v) is 8.02. The molecule has 0 unspecified atom stereocenters. The molecule has 2 aromatic rings. The molecule has 1 saturated heterocycles. The number of ether oxygens (including phenoxy) is 3. The summed E-state index contributed by atoms with van der Waals surface area (Å²) >= 11 is 0. The Morgan fingerprint density at radius 2 is 1.50 bits per heavy atom. The van der Waals surface area contributed by atoms with E-state index in [1.165, 1.54) is 70.8 Å². The van der Waals surface area contributed by atoms with Gasteiger partial charge in [-0.1, -0.05) is 126 Å². The number of unbranched alkanes of at least 4 members (excludes halogenated alkanes) is 13. The lowest BCUT2D eigenvalue weighted by atomic mass is 10.0. The first kappa shape index (κ1) is 54.9. The first-order chi connectivity index (χ1) is 32.9. The van der Waals surface area contributed by atoms with Crippen molar-refractivity contribution >= 4 is 41.6 Å². The molecule has 18 nitrogen and oxygen atoms in total. The van der Waals surface area contributed by atoms with Gasteiger partial charge < -0.3 is 35.3 Å². The molecule has 6 N–H and O–H groups in total. The number of rotatable bonds is 30. The number of amides is 5. The van der Waals surface area contributed by atoms with Gasteiger partial charge in [-0.15, -0.1) is 0 Å². The monoisotopic (exact) mass is 951 g/mol. The number of aliphatic imine (C=N–C) groups is 1. The second kappa shape index (κ2) is 30.6. The van der Waals surface area contributed by atoms with Crippen LogP contribution in [0.4, 0.5) is 4.79 Å². The van der Waals surface area contributed by atoms with E-state index in [9.17, 15) is 44.3 Å². The zero-order chi connectivity index (χ0) is 49.1. The van der Waals surface area contributed by atoms with Gasteiger partial charge >= 0.3 is 12.1 Å². The van der Waals surface area contributed by atoms with Crippen LogP contribution in [0.25, 0.3) is 0 Å². The molecule has 5 amide bonds. The number of hydroxylamine groups is 4. The quantitative estimate of drug-likeness (QED) is 0.0201. The number of para-hydroxylation sites is 1. The number of phenolic OH excluding ortho intramolecular Hbond substituents is 1. The van der Waals surface area contributed by atoms with Gasteiger partial charge in [0.1, 0.15) is 43.2 Å². The minimum atomic E-state index is -1.60. The molecule has 2 aliphatic rings. The Morgan fingerprint density at radius 1 is 0.853 bits per heavy atom. The summed E-state index contributed by atoms with van der Waals surface area (Å²) in [5, 5.41) is 39.9. The number of carbonyl (C=O) groups is 6. The van der Waals surface area contributed by atoms with Gasteiger partial charge in [-0.2, -0.15) is 0 Å². The van der Waals surface area contributed by atoms with Crippen LogP contribution in [0.15, 0.2) is 59.6 Å². The number of nitrogens with one attached hydrogen (secondary N) is 3. The smallest absolute Gasteiger partial charge is 0.408 e. The third kappa shape index (κ3) is 19.5. The summed E-state index contributed by atoms with van der Waals surface area (Å²) in [6, 6.07) is 9.96. The van der Waals surface area contributed by atoms with Gasteiger partial charge in [0, 0.05) is 19.5 Å². The van der Waals surface area contributed by atoms with Crippen LogP contribution >= 0.6 is 0 Å². The second-order valence-corrected chi connectivity index (χ2v) is 17.7. The number of alkyl carbamates (subject to hydrolysis) is 1. The Hall–Kier alpha value is -5.75. The van der Waals surface area contributed by atoms with Crippen LogP contribution in [-0.4, -0.2) is 117 Å². The predicted octanol–water partition coefficient (Wildman–Crippen LogP) is 7.01. The second-order valence-electron chi connectivity index (χ2n) is 17.7. The Balaban J connectivity index is 1.35. The summed E-state index contributed by atoms with van der Waals surface area (Å²) in [5.74, 6) is -3.76. The Morgan fingerprint density at radius 3 is 2.18 bits per heavy atom. The maximum Gasteiger partial charge on any atom is 0.408 e. The van der Waals surface area contributed by atoms with Crippen LogP contribution in [0.2, 0.25) is 0 Å². The van der Waals surface area contributed by atoms with E-state index < -0.39 is 66.0 Å². The van der Waals surface area contributed by atoms with Crippen LogP contribution in [-0.2, 0) is 44.8 Å². The number of benzene rings is 2. The van der Waals surface area contributed by atoms with Crippen molar-refractivity contribution < 1.29 is 58.5 Å². The van der Waals surface area contributed by atoms with Crippen molar-refractivity contribution in [3.8, 4) is 5.75 Å². The van der Waals surface area contributed by atoms with E-state index in [1.807, 2.05) is 0 Å². The number of aromatic hydroxyl groups is 1.